The van der Waals surface area contributed by atoms with Crippen molar-refractivity contribution in [2.45, 2.75) is 25.7 Å². The van der Waals surface area contributed by atoms with Crippen LogP contribution < -0.4 is 29.6 Å². The molecule has 1 aliphatic rings. The van der Waals surface area contributed by atoms with Crippen LogP contribution in [0, 0.1) is 11.8 Å². The quantitative estimate of drug-likeness (QED) is 0.153. The van der Waals surface area contributed by atoms with Crippen molar-refractivity contribution in [3.8, 4) is 23.0 Å². The first-order chi connectivity index (χ1) is 21.6. The van der Waals surface area contributed by atoms with Gasteiger partial charge in [-0.15, -0.1) is 0 Å². The van der Waals surface area contributed by atoms with Crippen LogP contribution in [0.5, 0.6) is 23.0 Å². The van der Waals surface area contributed by atoms with Gasteiger partial charge in [0.2, 0.25) is 11.8 Å². The van der Waals surface area contributed by atoms with Crippen LogP contribution in [0.1, 0.15) is 25.7 Å². The highest BCUT2D eigenvalue weighted by atomic mass is 16.5. The molecular weight excluding hydrogens is 556 g/mol. The molecule has 1 aliphatic carbocycles. The summed E-state index contributed by atoms with van der Waals surface area (Å²) < 4.78 is 22.9. The average Bonchev–Trinajstić information content (AvgIpc) is 3.06. The van der Waals surface area contributed by atoms with Crippen molar-refractivity contribution in [2.24, 2.45) is 11.8 Å². The van der Waals surface area contributed by atoms with Gasteiger partial charge in [-0.3, -0.25) is 9.59 Å². The van der Waals surface area contributed by atoms with Crippen molar-refractivity contribution < 1.29 is 28.5 Å². The molecule has 5 rings (SSSR count). The lowest BCUT2D eigenvalue weighted by Crippen LogP contribution is -2.32. The van der Waals surface area contributed by atoms with Gasteiger partial charge in [-0.25, -0.2) is 0 Å². The van der Waals surface area contributed by atoms with E-state index in [0.29, 0.717) is 75.0 Å². The molecule has 0 aliphatic heterocycles. The summed E-state index contributed by atoms with van der Waals surface area (Å²) in [6.07, 6.45) is 2.62. The maximum atomic E-state index is 13.0. The maximum absolute atomic E-state index is 13.0. The van der Waals surface area contributed by atoms with E-state index in [-0.39, 0.29) is 23.7 Å². The Bertz CT molecular complexity index is 1360. The molecule has 2 N–H and O–H groups in total. The van der Waals surface area contributed by atoms with Crippen LogP contribution in [0.2, 0.25) is 0 Å². The summed E-state index contributed by atoms with van der Waals surface area (Å²) >= 11 is 0. The lowest BCUT2D eigenvalue weighted by atomic mass is 9.81. The minimum Gasteiger partial charge on any atom is -0.490 e. The fraction of sp³-hybridized carbons (Fsp3) is 0.278. The fourth-order valence-electron chi connectivity index (χ4n) is 5.11. The van der Waals surface area contributed by atoms with Crippen LogP contribution in [-0.2, 0) is 9.59 Å². The van der Waals surface area contributed by atoms with Gasteiger partial charge in [-0.05, 0) is 74.2 Å². The van der Waals surface area contributed by atoms with Crippen LogP contribution in [0.15, 0.2) is 109 Å². The van der Waals surface area contributed by atoms with E-state index >= 15 is 0 Å². The van der Waals surface area contributed by atoms with Gasteiger partial charge in [0.25, 0.3) is 0 Å². The third kappa shape index (κ3) is 9.52. The molecule has 0 saturated heterocycles. The SMILES string of the molecule is O=C(Nc1cccc(OCCOc2ccccc2)c1)C1CCC(C(=O)Nc2cccc(OCCOc3ccccc3)c2)CC1. The number of rotatable bonds is 14. The molecule has 4 aromatic carbocycles. The number of hydrogen-bond donors (Lipinski definition) is 2. The minimum absolute atomic E-state index is 0.0329. The van der Waals surface area contributed by atoms with E-state index in [4.69, 9.17) is 18.9 Å². The third-order valence-corrected chi connectivity index (χ3v) is 7.40. The largest absolute Gasteiger partial charge is 0.490 e. The standard InChI is InChI=1S/C36H38N2O6/c39-35(37-29-9-7-15-33(25-29)43-23-21-41-31-11-3-1-4-12-31)27-17-19-28(20-18-27)36(40)38-30-10-8-16-34(26-30)44-24-22-42-32-13-5-2-6-14-32/h1-16,25-28H,17-24H2,(H,37,39)(H,38,40). The summed E-state index contributed by atoms with van der Waals surface area (Å²) in [6.45, 7) is 1.61. The van der Waals surface area contributed by atoms with Crippen LogP contribution in [0.4, 0.5) is 11.4 Å². The monoisotopic (exact) mass is 594 g/mol. The van der Waals surface area contributed by atoms with Crippen LogP contribution in [0.25, 0.3) is 0 Å². The van der Waals surface area contributed by atoms with Gasteiger partial charge in [0.1, 0.15) is 49.4 Å². The first kappa shape index (κ1) is 30.5. The molecule has 0 radical (unpaired) electrons. The summed E-state index contributed by atoms with van der Waals surface area (Å²) in [5.74, 6) is 2.57. The Morgan fingerprint density at radius 2 is 0.818 bits per heavy atom. The Morgan fingerprint density at radius 3 is 1.20 bits per heavy atom. The Labute approximate surface area is 258 Å². The molecule has 0 heterocycles. The molecule has 0 aromatic heterocycles. The topological polar surface area (TPSA) is 95.1 Å². The molecule has 8 heteroatoms. The van der Waals surface area contributed by atoms with Crippen molar-refractivity contribution in [2.75, 3.05) is 37.1 Å². The van der Waals surface area contributed by atoms with Gasteiger partial charge >= 0.3 is 0 Å². The Morgan fingerprint density at radius 1 is 0.477 bits per heavy atom. The zero-order valence-electron chi connectivity index (χ0n) is 24.7. The number of ether oxygens (including phenoxy) is 4. The summed E-state index contributed by atoms with van der Waals surface area (Å²) in [4.78, 5) is 26.0. The Balaban J connectivity index is 1.01. The van der Waals surface area contributed by atoms with Crippen molar-refractivity contribution in [3.05, 3.63) is 109 Å². The van der Waals surface area contributed by atoms with Gasteiger partial charge in [-0.1, -0.05) is 48.5 Å². The molecule has 0 spiro atoms. The number of hydrogen-bond acceptors (Lipinski definition) is 6. The number of benzene rings is 4. The number of anilines is 2. The van der Waals surface area contributed by atoms with Crippen LogP contribution in [-0.4, -0.2) is 38.2 Å². The number of amides is 2. The third-order valence-electron chi connectivity index (χ3n) is 7.40. The van der Waals surface area contributed by atoms with E-state index in [2.05, 4.69) is 10.6 Å². The highest BCUT2D eigenvalue weighted by Gasteiger charge is 2.30. The normalized spacial score (nSPS) is 15.9. The molecule has 0 atom stereocenters. The van der Waals surface area contributed by atoms with Crippen molar-refractivity contribution in [1.29, 1.82) is 0 Å². The predicted octanol–water partition coefficient (Wildman–Crippen LogP) is 6.99. The first-order valence-corrected chi connectivity index (χ1v) is 15.1. The second-order valence-corrected chi connectivity index (χ2v) is 10.6. The van der Waals surface area contributed by atoms with Gasteiger partial charge in [0.05, 0.1) is 0 Å². The second-order valence-electron chi connectivity index (χ2n) is 10.6. The molecule has 0 unspecified atom stereocenters. The fourth-order valence-corrected chi connectivity index (χ4v) is 5.11. The van der Waals surface area contributed by atoms with Crippen LogP contribution >= 0.6 is 0 Å². The highest BCUT2D eigenvalue weighted by molar-refractivity contribution is 5.94. The summed E-state index contributed by atoms with van der Waals surface area (Å²) in [7, 11) is 0. The van der Waals surface area contributed by atoms with E-state index in [1.165, 1.54) is 0 Å². The van der Waals surface area contributed by atoms with E-state index in [1.54, 1.807) is 0 Å². The summed E-state index contributed by atoms with van der Waals surface area (Å²) in [5, 5.41) is 6.03. The van der Waals surface area contributed by atoms with Gasteiger partial charge < -0.3 is 29.6 Å². The molecule has 8 nitrogen and oxygen atoms in total. The van der Waals surface area contributed by atoms with Crippen LogP contribution in [0.3, 0.4) is 0 Å². The number of carbonyl (C=O) groups excluding carboxylic acids is 2. The number of carbonyl (C=O) groups is 2. The average molecular weight is 595 g/mol. The molecular formula is C36H38N2O6. The van der Waals surface area contributed by atoms with Crippen molar-refractivity contribution >= 4 is 23.2 Å². The number of nitrogens with one attached hydrogen (secondary N) is 2. The van der Waals surface area contributed by atoms with E-state index in [1.807, 2.05) is 109 Å². The maximum Gasteiger partial charge on any atom is 0.227 e. The van der Waals surface area contributed by atoms with Gasteiger partial charge in [0.15, 0.2) is 0 Å². The zero-order valence-corrected chi connectivity index (χ0v) is 24.7. The molecule has 228 valence electrons. The summed E-state index contributed by atoms with van der Waals surface area (Å²) in [5.41, 5.74) is 1.37. The molecule has 1 fully saturated rings. The molecule has 44 heavy (non-hydrogen) atoms. The van der Waals surface area contributed by atoms with E-state index in [0.717, 1.165) is 11.5 Å². The van der Waals surface area contributed by atoms with Crippen molar-refractivity contribution in [1.82, 2.24) is 0 Å². The lowest BCUT2D eigenvalue weighted by Gasteiger charge is -2.27. The van der Waals surface area contributed by atoms with Gasteiger partial charge in [-0.2, -0.15) is 0 Å². The van der Waals surface area contributed by atoms with E-state index in [9.17, 15) is 9.59 Å². The van der Waals surface area contributed by atoms with E-state index < -0.39 is 0 Å². The molecule has 1 saturated carbocycles. The smallest absolute Gasteiger partial charge is 0.227 e. The Kier molecular flexibility index (Phi) is 11.1. The molecule has 2 amide bonds. The minimum atomic E-state index is -0.141. The second kappa shape index (κ2) is 16.0. The first-order valence-electron chi connectivity index (χ1n) is 15.1. The molecule has 4 aromatic rings. The van der Waals surface area contributed by atoms with Crippen molar-refractivity contribution in [3.63, 3.8) is 0 Å². The zero-order chi connectivity index (χ0) is 30.4. The van der Waals surface area contributed by atoms with Gasteiger partial charge in [0, 0.05) is 35.3 Å². The Hall–Kier alpha value is -4.98. The summed E-state index contributed by atoms with van der Waals surface area (Å²) in [6, 6.07) is 33.9. The highest BCUT2D eigenvalue weighted by Crippen LogP contribution is 2.31. The molecule has 0 bridgehead atoms. The predicted molar refractivity (Wildman–Crippen MR) is 170 cm³/mol. The number of para-hydroxylation sites is 2. The lowest BCUT2D eigenvalue weighted by molar-refractivity contribution is -0.125.